The van der Waals surface area contributed by atoms with Crippen molar-refractivity contribution in [1.82, 2.24) is 19.4 Å². The molecule has 1 atom stereocenters. The second kappa shape index (κ2) is 8.20. The van der Waals surface area contributed by atoms with Crippen LogP contribution >= 0.6 is 0 Å². The van der Waals surface area contributed by atoms with Crippen LogP contribution in [0.15, 0.2) is 48.8 Å². The Balaban J connectivity index is 1.24. The van der Waals surface area contributed by atoms with E-state index in [0.717, 1.165) is 69.0 Å². The summed E-state index contributed by atoms with van der Waals surface area (Å²) in [7, 11) is 0. The van der Waals surface area contributed by atoms with Crippen molar-refractivity contribution >= 4 is 16.9 Å². The molecular weight excluding hydrogens is 376 g/mol. The quantitative estimate of drug-likeness (QED) is 0.671. The Labute approximate surface area is 177 Å². The van der Waals surface area contributed by atoms with Gasteiger partial charge in [-0.25, -0.2) is 4.98 Å². The van der Waals surface area contributed by atoms with Gasteiger partial charge in [0.05, 0.1) is 30.6 Å². The summed E-state index contributed by atoms with van der Waals surface area (Å²) in [5.41, 5.74) is 5.30. The average Bonchev–Trinajstić information content (AvgIpc) is 3.42. The molecule has 3 heterocycles. The minimum atomic E-state index is 0.140. The number of rotatable bonds is 4. The maximum Gasteiger partial charge on any atom is 0.253 e. The van der Waals surface area contributed by atoms with Gasteiger partial charge in [0.1, 0.15) is 0 Å². The van der Waals surface area contributed by atoms with Gasteiger partial charge in [-0.15, -0.1) is 0 Å². The van der Waals surface area contributed by atoms with Crippen LogP contribution in [0.1, 0.15) is 27.9 Å². The number of hydrogen-bond acceptors (Lipinski definition) is 4. The van der Waals surface area contributed by atoms with Gasteiger partial charge in [-0.05, 0) is 48.7 Å². The van der Waals surface area contributed by atoms with Crippen LogP contribution in [0, 0.1) is 6.92 Å². The van der Waals surface area contributed by atoms with E-state index in [1.165, 1.54) is 11.1 Å². The summed E-state index contributed by atoms with van der Waals surface area (Å²) in [4.78, 5) is 22.0. The molecule has 2 fully saturated rings. The van der Waals surface area contributed by atoms with E-state index in [1.54, 1.807) is 0 Å². The number of carbonyl (C=O) groups excluding carboxylic acids is 1. The highest BCUT2D eigenvalue weighted by molar-refractivity contribution is 5.94. The lowest BCUT2D eigenvalue weighted by Crippen LogP contribution is -2.45. The highest BCUT2D eigenvalue weighted by Crippen LogP contribution is 2.20. The third-order valence-electron chi connectivity index (χ3n) is 6.34. The van der Waals surface area contributed by atoms with Crippen LogP contribution in [0.4, 0.5) is 0 Å². The standard InChI is InChI=1S/C24H28N4O2/c1-18-2-7-23-22(14-18)25-17-28(23)15-19-3-5-20(6-4-19)24(29)27-9-8-21(16-27)26-10-12-30-13-11-26/h2-7,14,17,21H,8-13,15-16H2,1H3. The number of amides is 1. The Bertz CT molecular complexity index is 1040. The molecular formula is C24H28N4O2. The summed E-state index contributed by atoms with van der Waals surface area (Å²) in [6.07, 6.45) is 2.94. The van der Waals surface area contributed by atoms with Crippen LogP contribution in [0.5, 0.6) is 0 Å². The van der Waals surface area contributed by atoms with Gasteiger partial charge in [0.15, 0.2) is 0 Å². The summed E-state index contributed by atoms with van der Waals surface area (Å²) in [5, 5.41) is 0. The smallest absolute Gasteiger partial charge is 0.253 e. The molecule has 3 aromatic rings. The summed E-state index contributed by atoms with van der Waals surface area (Å²) in [5.74, 6) is 0.140. The number of aromatic nitrogens is 2. The molecule has 6 nitrogen and oxygen atoms in total. The number of benzene rings is 2. The topological polar surface area (TPSA) is 50.6 Å². The Morgan fingerprint density at radius 3 is 2.70 bits per heavy atom. The van der Waals surface area contributed by atoms with Gasteiger partial charge >= 0.3 is 0 Å². The molecule has 0 saturated carbocycles. The normalized spacial score (nSPS) is 20.2. The van der Waals surface area contributed by atoms with Crippen molar-refractivity contribution in [3.05, 3.63) is 65.5 Å². The predicted octanol–water partition coefficient (Wildman–Crippen LogP) is 2.94. The molecule has 2 aromatic carbocycles. The van der Waals surface area contributed by atoms with E-state index in [4.69, 9.17) is 4.74 Å². The van der Waals surface area contributed by atoms with Crippen LogP contribution in [0.2, 0.25) is 0 Å². The van der Waals surface area contributed by atoms with Crippen molar-refractivity contribution in [2.45, 2.75) is 25.9 Å². The fourth-order valence-corrected chi connectivity index (χ4v) is 4.60. The molecule has 1 amide bonds. The second-order valence-corrected chi connectivity index (χ2v) is 8.40. The molecule has 6 heteroatoms. The van der Waals surface area contributed by atoms with Gasteiger partial charge in [0, 0.05) is 44.3 Å². The minimum absolute atomic E-state index is 0.140. The number of carbonyl (C=O) groups is 1. The first-order chi connectivity index (χ1) is 14.7. The molecule has 1 unspecified atom stereocenters. The fraction of sp³-hybridized carbons (Fsp3) is 0.417. The monoisotopic (exact) mass is 404 g/mol. The third kappa shape index (κ3) is 3.85. The van der Waals surface area contributed by atoms with Crippen molar-refractivity contribution in [3.63, 3.8) is 0 Å². The van der Waals surface area contributed by atoms with E-state index in [9.17, 15) is 4.79 Å². The van der Waals surface area contributed by atoms with E-state index < -0.39 is 0 Å². The summed E-state index contributed by atoms with van der Waals surface area (Å²) in [6.45, 7) is 8.04. The molecule has 1 aromatic heterocycles. The van der Waals surface area contributed by atoms with Gasteiger partial charge in [-0.3, -0.25) is 9.69 Å². The largest absolute Gasteiger partial charge is 0.379 e. The van der Waals surface area contributed by atoms with Crippen LogP contribution in [0.3, 0.4) is 0 Å². The first-order valence-corrected chi connectivity index (χ1v) is 10.8. The van der Waals surface area contributed by atoms with E-state index in [1.807, 2.05) is 23.4 Å². The van der Waals surface area contributed by atoms with Crippen LogP contribution in [-0.4, -0.2) is 70.7 Å². The van der Waals surface area contributed by atoms with Gasteiger partial charge in [0.25, 0.3) is 5.91 Å². The molecule has 2 saturated heterocycles. The maximum absolute atomic E-state index is 13.0. The Morgan fingerprint density at radius 2 is 1.90 bits per heavy atom. The zero-order valence-corrected chi connectivity index (χ0v) is 17.5. The molecule has 0 bridgehead atoms. The number of nitrogens with zero attached hydrogens (tertiary/aromatic N) is 4. The fourth-order valence-electron chi connectivity index (χ4n) is 4.60. The molecule has 0 radical (unpaired) electrons. The molecule has 156 valence electrons. The lowest BCUT2D eigenvalue weighted by atomic mass is 10.1. The van der Waals surface area contributed by atoms with Crippen molar-refractivity contribution in [3.8, 4) is 0 Å². The molecule has 0 N–H and O–H groups in total. The van der Waals surface area contributed by atoms with Crippen molar-refractivity contribution in [1.29, 1.82) is 0 Å². The first-order valence-electron chi connectivity index (χ1n) is 10.8. The third-order valence-corrected chi connectivity index (χ3v) is 6.34. The highest BCUT2D eigenvalue weighted by Gasteiger charge is 2.31. The molecule has 0 aliphatic carbocycles. The number of ether oxygens (including phenoxy) is 1. The number of aryl methyl sites for hydroxylation is 1. The number of likely N-dealkylation sites (tertiary alicyclic amines) is 1. The van der Waals surface area contributed by atoms with Gasteiger partial charge < -0.3 is 14.2 Å². The predicted molar refractivity (Wildman–Crippen MR) is 117 cm³/mol. The number of morpholine rings is 1. The van der Waals surface area contributed by atoms with Gasteiger partial charge in [-0.1, -0.05) is 18.2 Å². The lowest BCUT2D eigenvalue weighted by Gasteiger charge is -2.32. The van der Waals surface area contributed by atoms with E-state index in [-0.39, 0.29) is 5.91 Å². The van der Waals surface area contributed by atoms with Crippen LogP contribution < -0.4 is 0 Å². The minimum Gasteiger partial charge on any atom is -0.379 e. The van der Waals surface area contributed by atoms with Crippen LogP contribution in [0.25, 0.3) is 11.0 Å². The zero-order chi connectivity index (χ0) is 20.5. The van der Waals surface area contributed by atoms with Crippen molar-refractivity contribution < 1.29 is 9.53 Å². The summed E-state index contributed by atoms with van der Waals surface area (Å²) < 4.78 is 7.60. The molecule has 30 heavy (non-hydrogen) atoms. The Hall–Kier alpha value is -2.70. The number of imidazole rings is 1. The van der Waals surface area contributed by atoms with Crippen molar-refractivity contribution in [2.24, 2.45) is 0 Å². The van der Waals surface area contributed by atoms with Crippen LogP contribution in [-0.2, 0) is 11.3 Å². The maximum atomic E-state index is 13.0. The van der Waals surface area contributed by atoms with E-state index >= 15 is 0 Å². The number of fused-ring (bicyclic) bond motifs is 1. The zero-order valence-electron chi connectivity index (χ0n) is 17.5. The second-order valence-electron chi connectivity index (χ2n) is 8.40. The molecule has 2 aliphatic heterocycles. The van der Waals surface area contributed by atoms with Gasteiger partial charge in [-0.2, -0.15) is 0 Å². The highest BCUT2D eigenvalue weighted by atomic mass is 16.5. The van der Waals surface area contributed by atoms with Gasteiger partial charge in [0.2, 0.25) is 0 Å². The van der Waals surface area contributed by atoms with E-state index in [2.05, 4.69) is 51.7 Å². The van der Waals surface area contributed by atoms with E-state index in [0.29, 0.717) is 6.04 Å². The van der Waals surface area contributed by atoms with Crippen molar-refractivity contribution in [2.75, 3.05) is 39.4 Å². The first kappa shape index (κ1) is 19.3. The summed E-state index contributed by atoms with van der Waals surface area (Å²) >= 11 is 0. The molecule has 0 spiro atoms. The molecule has 2 aliphatic rings. The average molecular weight is 405 g/mol. The summed E-state index contributed by atoms with van der Waals surface area (Å²) in [6, 6.07) is 14.8. The Morgan fingerprint density at radius 1 is 1.10 bits per heavy atom. The number of hydrogen-bond donors (Lipinski definition) is 0. The lowest BCUT2D eigenvalue weighted by molar-refractivity contribution is 0.0185. The molecule has 5 rings (SSSR count). The Kier molecular flexibility index (Phi) is 5.27. The SMILES string of the molecule is Cc1ccc2c(c1)ncn2Cc1ccc(C(=O)N2CCC(N3CCOCC3)C2)cc1.